The highest BCUT2D eigenvalue weighted by Gasteiger charge is 2.22. The van der Waals surface area contributed by atoms with Gasteiger partial charge in [-0.2, -0.15) is 5.10 Å². The Labute approximate surface area is 165 Å². The second-order valence-corrected chi connectivity index (χ2v) is 7.09. The number of pyridine rings is 1. The zero-order valence-corrected chi connectivity index (χ0v) is 15.7. The third kappa shape index (κ3) is 3.82. The number of nitrogens with one attached hydrogen (secondary N) is 1. The maximum atomic E-state index is 14.3. The Kier molecular flexibility index (Phi) is 5.23. The summed E-state index contributed by atoms with van der Waals surface area (Å²) in [6.45, 7) is 3.02. The molecule has 0 radical (unpaired) electrons. The third-order valence-electron chi connectivity index (χ3n) is 5.09. The fourth-order valence-electron chi connectivity index (χ4n) is 3.51. The molecule has 0 amide bonds. The number of hydrogen-bond acceptors (Lipinski definition) is 6. The van der Waals surface area contributed by atoms with Crippen molar-refractivity contribution >= 4 is 22.4 Å². The van der Waals surface area contributed by atoms with Crippen molar-refractivity contribution in [1.29, 1.82) is 0 Å². The van der Waals surface area contributed by atoms with E-state index in [1.54, 1.807) is 13.1 Å². The Hall–Kier alpha value is -2.94. The van der Waals surface area contributed by atoms with E-state index < -0.39 is 17.8 Å². The van der Waals surface area contributed by atoms with E-state index in [0.29, 0.717) is 35.4 Å². The second-order valence-electron chi connectivity index (χ2n) is 7.09. The van der Waals surface area contributed by atoms with Crippen LogP contribution in [0.3, 0.4) is 0 Å². The summed E-state index contributed by atoms with van der Waals surface area (Å²) in [7, 11) is 0. The van der Waals surface area contributed by atoms with Gasteiger partial charge in [-0.15, -0.1) is 5.10 Å². The number of nitrogens with zero attached hydrogens (tertiary/aromatic N) is 4. The van der Waals surface area contributed by atoms with Crippen LogP contribution in [0.15, 0.2) is 30.5 Å². The number of alkyl halides is 2. The fourth-order valence-corrected chi connectivity index (χ4v) is 3.51. The molecule has 9 heteroatoms. The minimum atomic E-state index is -2.88. The van der Waals surface area contributed by atoms with Gasteiger partial charge in [-0.05, 0) is 19.4 Å². The first kappa shape index (κ1) is 19.4. The van der Waals surface area contributed by atoms with Crippen LogP contribution >= 0.6 is 0 Å². The number of anilines is 2. The van der Waals surface area contributed by atoms with Crippen LogP contribution in [-0.4, -0.2) is 39.5 Å². The van der Waals surface area contributed by atoms with Crippen LogP contribution < -0.4 is 10.2 Å². The first-order valence-electron chi connectivity index (χ1n) is 9.29. The molecule has 1 aromatic carbocycles. The maximum absolute atomic E-state index is 14.3. The Morgan fingerprint density at radius 3 is 2.86 bits per heavy atom. The first-order valence-corrected chi connectivity index (χ1v) is 9.29. The van der Waals surface area contributed by atoms with Crippen LogP contribution in [0.2, 0.25) is 0 Å². The molecule has 1 saturated heterocycles. The Bertz CT molecular complexity index is 1050. The van der Waals surface area contributed by atoms with Gasteiger partial charge >= 0.3 is 0 Å². The summed E-state index contributed by atoms with van der Waals surface area (Å²) in [6, 6.07) is 5.83. The van der Waals surface area contributed by atoms with Crippen LogP contribution in [0.5, 0.6) is 0 Å². The normalized spacial score (nSPS) is 16.8. The van der Waals surface area contributed by atoms with Crippen molar-refractivity contribution in [3.05, 3.63) is 53.1 Å². The van der Waals surface area contributed by atoms with Crippen molar-refractivity contribution in [3.63, 3.8) is 0 Å². The standard InChI is InChI=1S/C20H20F3N5O/c1-11-18-16(7-13(9-24-18)28-6-5-14(29)10-28)20(27-26-11)25-8-12-3-2-4-15(17(12)21)19(22)23/h2-4,7,9,14,19,29H,5-6,8,10H2,1H3,(H,25,27). The molecule has 6 nitrogen and oxygen atoms in total. The molecule has 29 heavy (non-hydrogen) atoms. The highest BCUT2D eigenvalue weighted by atomic mass is 19.3. The zero-order valence-electron chi connectivity index (χ0n) is 15.7. The SMILES string of the molecule is Cc1nnc(NCc2cccc(C(F)F)c2F)c2cc(N3CCC(O)C3)cnc12. The van der Waals surface area contributed by atoms with Gasteiger partial charge in [0.25, 0.3) is 6.43 Å². The van der Waals surface area contributed by atoms with Crippen LogP contribution in [0, 0.1) is 12.7 Å². The Morgan fingerprint density at radius 2 is 2.14 bits per heavy atom. The number of aliphatic hydroxyl groups is 1. The predicted octanol–water partition coefficient (Wildman–Crippen LogP) is 3.59. The Balaban J connectivity index is 1.65. The lowest BCUT2D eigenvalue weighted by Gasteiger charge is -2.18. The van der Waals surface area contributed by atoms with E-state index >= 15 is 0 Å². The van der Waals surface area contributed by atoms with Crippen molar-refractivity contribution in [2.75, 3.05) is 23.3 Å². The number of rotatable bonds is 5. The van der Waals surface area contributed by atoms with Gasteiger partial charge in [0.05, 0.1) is 34.8 Å². The summed E-state index contributed by atoms with van der Waals surface area (Å²) in [5.74, 6) is -0.536. The molecule has 152 valence electrons. The van der Waals surface area contributed by atoms with Crippen LogP contribution in [0.1, 0.15) is 29.7 Å². The van der Waals surface area contributed by atoms with E-state index in [1.807, 2.05) is 11.0 Å². The van der Waals surface area contributed by atoms with Gasteiger partial charge in [-0.3, -0.25) is 4.98 Å². The average Bonchev–Trinajstić information content (AvgIpc) is 3.14. The van der Waals surface area contributed by atoms with E-state index in [0.717, 1.165) is 18.3 Å². The second kappa shape index (κ2) is 7.82. The first-order chi connectivity index (χ1) is 13.9. The fraction of sp³-hybridized carbons (Fsp3) is 0.350. The number of aryl methyl sites for hydroxylation is 1. The molecular weight excluding hydrogens is 383 g/mol. The molecule has 0 spiro atoms. The molecular formula is C20H20F3N5O. The van der Waals surface area contributed by atoms with Gasteiger partial charge in [0.2, 0.25) is 0 Å². The lowest BCUT2D eigenvalue weighted by Crippen LogP contribution is -2.21. The Morgan fingerprint density at radius 1 is 1.31 bits per heavy atom. The number of aliphatic hydroxyl groups excluding tert-OH is 1. The van der Waals surface area contributed by atoms with Crippen molar-refractivity contribution in [2.24, 2.45) is 0 Å². The molecule has 0 bridgehead atoms. The molecule has 2 N–H and O–H groups in total. The van der Waals surface area contributed by atoms with Crippen molar-refractivity contribution in [3.8, 4) is 0 Å². The smallest absolute Gasteiger partial charge is 0.266 e. The van der Waals surface area contributed by atoms with E-state index in [-0.39, 0.29) is 18.2 Å². The number of halogens is 3. The minimum Gasteiger partial charge on any atom is -0.391 e. The van der Waals surface area contributed by atoms with Gasteiger partial charge in [0, 0.05) is 30.6 Å². The summed E-state index contributed by atoms with van der Waals surface area (Å²) in [5.41, 5.74) is 1.62. The molecule has 0 aliphatic carbocycles. The zero-order chi connectivity index (χ0) is 20.5. The third-order valence-corrected chi connectivity index (χ3v) is 5.09. The molecule has 1 unspecified atom stereocenters. The predicted molar refractivity (Wildman–Crippen MR) is 104 cm³/mol. The molecule has 1 aliphatic rings. The number of benzene rings is 1. The number of aromatic nitrogens is 3. The quantitative estimate of drug-likeness (QED) is 0.678. The molecule has 3 heterocycles. The number of β-amino-alcohol motifs (C(OH)–C–C–N with tert-alkyl or cyclic N) is 1. The summed E-state index contributed by atoms with van der Waals surface area (Å²) in [6.07, 6.45) is -0.829. The van der Waals surface area contributed by atoms with Gasteiger partial charge in [0.15, 0.2) is 5.82 Å². The van der Waals surface area contributed by atoms with Gasteiger partial charge in [-0.1, -0.05) is 18.2 Å². The van der Waals surface area contributed by atoms with Gasteiger partial charge in [-0.25, -0.2) is 13.2 Å². The summed E-state index contributed by atoms with van der Waals surface area (Å²) in [4.78, 5) is 6.51. The van der Waals surface area contributed by atoms with E-state index in [2.05, 4.69) is 20.5 Å². The van der Waals surface area contributed by atoms with E-state index in [9.17, 15) is 18.3 Å². The molecule has 0 saturated carbocycles. The summed E-state index contributed by atoms with van der Waals surface area (Å²) < 4.78 is 40.2. The van der Waals surface area contributed by atoms with Crippen LogP contribution in [0.4, 0.5) is 24.7 Å². The molecule has 3 aromatic rings. The van der Waals surface area contributed by atoms with Crippen molar-refractivity contribution < 1.29 is 18.3 Å². The van der Waals surface area contributed by atoms with Crippen molar-refractivity contribution in [2.45, 2.75) is 32.4 Å². The summed E-state index contributed by atoms with van der Waals surface area (Å²) in [5, 5.41) is 21.7. The topological polar surface area (TPSA) is 74.2 Å². The molecule has 1 atom stereocenters. The average molecular weight is 403 g/mol. The van der Waals surface area contributed by atoms with Crippen LogP contribution in [-0.2, 0) is 6.54 Å². The van der Waals surface area contributed by atoms with E-state index in [1.165, 1.54) is 12.1 Å². The molecule has 1 fully saturated rings. The largest absolute Gasteiger partial charge is 0.391 e. The minimum absolute atomic E-state index is 0.0219. The molecule has 1 aliphatic heterocycles. The molecule has 2 aromatic heterocycles. The monoisotopic (exact) mass is 403 g/mol. The summed E-state index contributed by atoms with van der Waals surface area (Å²) >= 11 is 0. The van der Waals surface area contributed by atoms with E-state index in [4.69, 9.17) is 0 Å². The highest BCUT2D eigenvalue weighted by Crippen LogP contribution is 2.29. The lowest BCUT2D eigenvalue weighted by molar-refractivity contribution is 0.146. The van der Waals surface area contributed by atoms with Gasteiger partial charge in [0.1, 0.15) is 5.82 Å². The maximum Gasteiger partial charge on any atom is 0.266 e. The number of hydrogen-bond donors (Lipinski definition) is 2. The van der Waals surface area contributed by atoms with Crippen molar-refractivity contribution in [1.82, 2.24) is 15.2 Å². The van der Waals surface area contributed by atoms with Crippen LogP contribution in [0.25, 0.3) is 10.9 Å². The van der Waals surface area contributed by atoms with Gasteiger partial charge < -0.3 is 15.3 Å². The lowest BCUT2D eigenvalue weighted by atomic mass is 10.1. The number of fused-ring (bicyclic) bond motifs is 1. The molecule has 4 rings (SSSR count). The highest BCUT2D eigenvalue weighted by molar-refractivity contribution is 5.92.